The quantitative estimate of drug-likeness (QED) is 0.358. The molecule has 2 aliphatic carbocycles. The second-order valence-corrected chi connectivity index (χ2v) is 11.7. The van der Waals surface area contributed by atoms with E-state index in [4.69, 9.17) is 0 Å². The summed E-state index contributed by atoms with van der Waals surface area (Å²) >= 11 is 0. The van der Waals surface area contributed by atoms with Crippen LogP contribution in [0.2, 0.25) is 0 Å². The third kappa shape index (κ3) is 5.67. The summed E-state index contributed by atoms with van der Waals surface area (Å²) in [5.41, 5.74) is 1.11. The molecule has 4 N–H and O–H groups in total. The highest BCUT2D eigenvalue weighted by Gasteiger charge is 2.23. The maximum atomic E-state index is 13.4. The topological polar surface area (TPSA) is 120 Å². The Bertz CT molecular complexity index is 1230. The molecular formula is C26H33N5O3S. The molecule has 2 saturated carbocycles. The number of rotatable bonds is 7. The molecule has 0 radical (unpaired) electrons. The van der Waals surface area contributed by atoms with Crippen LogP contribution in [-0.2, 0) is 9.84 Å². The van der Waals surface area contributed by atoms with E-state index in [0.717, 1.165) is 44.2 Å². The standard InChI is InChI=1S/C26H33N5O3S/c32-20-13-11-19(12-14-20)27-24-15-22(35(33,34)21-9-5-2-6-10-21)16-25(28-24)29-26-17-23(30-31-26)18-7-3-1-4-8-18/h2,5-6,9-10,15-20,32H,1,3-4,7-8,11-14H2,(H3,27,28,29,30,31). The Morgan fingerprint density at radius 2 is 1.54 bits per heavy atom. The Labute approximate surface area is 206 Å². The van der Waals surface area contributed by atoms with Crippen LogP contribution in [0.4, 0.5) is 17.5 Å². The lowest BCUT2D eigenvalue weighted by atomic mass is 9.87. The molecule has 8 nitrogen and oxygen atoms in total. The Hall–Kier alpha value is -2.91. The number of sulfone groups is 1. The average molecular weight is 496 g/mol. The first kappa shape index (κ1) is 23.8. The summed E-state index contributed by atoms with van der Waals surface area (Å²) in [5, 5.41) is 24.0. The molecule has 2 aliphatic rings. The predicted octanol–water partition coefficient (Wildman–Crippen LogP) is 5.14. The van der Waals surface area contributed by atoms with Crippen molar-refractivity contribution in [2.24, 2.45) is 0 Å². The lowest BCUT2D eigenvalue weighted by Crippen LogP contribution is -2.28. The first-order chi connectivity index (χ1) is 17.0. The minimum Gasteiger partial charge on any atom is -0.393 e. The summed E-state index contributed by atoms with van der Waals surface area (Å²) in [6.45, 7) is 0. The molecule has 1 aromatic carbocycles. The van der Waals surface area contributed by atoms with Crippen molar-refractivity contribution in [1.82, 2.24) is 15.2 Å². The van der Waals surface area contributed by atoms with Gasteiger partial charge < -0.3 is 15.7 Å². The molecule has 35 heavy (non-hydrogen) atoms. The molecule has 0 spiro atoms. The van der Waals surface area contributed by atoms with E-state index in [1.54, 1.807) is 42.5 Å². The summed E-state index contributed by atoms with van der Waals surface area (Å²) in [7, 11) is -3.73. The van der Waals surface area contributed by atoms with Gasteiger partial charge >= 0.3 is 0 Å². The van der Waals surface area contributed by atoms with Crippen LogP contribution in [0.25, 0.3) is 0 Å². The summed E-state index contributed by atoms with van der Waals surface area (Å²) in [6.07, 6.45) is 8.89. The van der Waals surface area contributed by atoms with Crippen molar-refractivity contribution in [3.05, 3.63) is 54.2 Å². The van der Waals surface area contributed by atoms with Gasteiger partial charge in [0.1, 0.15) is 11.6 Å². The van der Waals surface area contributed by atoms with Gasteiger partial charge in [0.25, 0.3) is 0 Å². The van der Waals surface area contributed by atoms with Gasteiger partial charge in [0, 0.05) is 29.8 Å². The smallest absolute Gasteiger partial charge is 0.206 e. The fourth-order valence-electron chi connectivity index (χ4n) is 5.12. The molecule has 9 heteroatoms. The van der Waals surface area contributed by atoms with E-state index >= 15 is 0 Å². The largest absolute Gasteiger partial charge is 0.393 e. The fourth-order valence-corrected chi connectivity index (χ4v) is 6.44. The first-order valence-corrected chi connectivity index (χ1v) is 14.0. The summed E-state index contributed by atoms with van der Waals surface area (Å²) in [5.74, 6) is 2.03. The normalized spacial score (nSPS) is 21.5. The number of aromatic nitrogens is 3. The number of benzene rings is 1. The van der Waals surface area contributed by atoms with E-state index in [2.05, 4.69) is 25.8 Å². The first-order valence-electron chi connectivity index (χ1n) is 12.6. The van der Waals surface area contributed by atoms with Crippen LogP contribution >= 0.6 is 0 Å². The van der Waals surface area contributed by atoms with Crippen LogP contribution in [0.3, 0.4) is 0 Å². The number of hydrogen-bond donors (Lipinski definition) is 4. The molecule has 0 atom stereocenters. The van der Waals surface area contributed by atoms with Crippen molar-refractivity contribution in [2.45, 2.75) is 85.6 Å². The lowest BCUT2D eigenvalue weighted by molar-refractivity contribution is 0.126. The Morgan fingerprint density at radius 1 is 0.829 bits per heavy atom. The van der Waals surface area contributed by atoms with Crippen molar-refractivity contribution >= 4 is 27.3 Å². The number of pyridine rings is 1. The highest BCUT2D eigenvalue weighted by molar-refractivity contribution is 7.91. The minimum atomic E-state index is -3.73. The maximum absolute atomic E-state index is 13.4. The van der Waals surface area contributed by atoms with E-state index in [0.29, 0.717) is 23.4 Å². The molecule has 0 saturated heterocycles. The molecular weight excluding hydrogens is 462 g/mol. The van der Waals surface area contributed by atoms with Gasteiger partial charge in [-0.1, -0.05) is 37.5 Å². The number of aromatic amines is 1. The zero-order valence-corrected chi connectivity index (χ0v) is 20.6. The molecule has 3 aromatic rings. The molecule has 186 valence electrons. The molecule has 2 fully saturated rings. The van der Waals surface area contributed by atoms with Crippen LogP contribution in [0.1, 0.15) is 69.4 Å². The average Bonchev–Trinajstić information content (AvgIpc) is 3.35. The number of nitrogens with zero attached hydrogens (tertiary/aromatic N) is 2. The van der Waals surface area contributed by atoms with Crippen molar-refractivity contribution in [3.8, 4) is 0 Å². The van der Waals surface area contributed by atoms with Gasteiger partial charge in [-0.2, -0.15) is 5.10 Å². The van der Waals surface area contributed by atoms with Gasteiger partial charge in [-0.15, -0.1) is 0 Å². The van der Waals surface area contributed by atoms with Crippen LogP contribution in [0.5, 0.6) is 0 Å². The number of aliphatic hydroxyl groups is 1. The van der Waals surface area contributed by atoms with E-state index in [1.165, 1.54) is 19.3 Å². The third-order valence-electron chi connectivity index (χ3n) is 7.11. The lowest BCUT2D eigenvalue weighted by Gasteiger charge is -2.27. The zero-order chi connectivity index (χ0) is 24.3. The number of nitrogens with one attached hydrogen (secondary N) is 3. The number of H-pyrrole nitrogens is 1. The minimum absolute atomic E-state index is 0.136. The zero-order valence-electron chi connectivity index (χ0n) is 19.8. The molecule has 5 rings (SSSR count). The van der Waals surface area contributed by atoms with Gasteiger partial charge in [0.2, 0.25) is 9.84 Å². The number of anilines is 3. The van der Waals surface area contributed by atoms with Gasteiger partial charge in [0.05, 0.1) is 15.9 Å². The highest BCUT2D eigenvalue weighted by Crippen LogP contribution is 2.33. The molecule has 2 heterocycles. The van der Waals surface area contributed by atoms with Crippen molar-refractivity contribution in [3.63, 3.8) is 0 Å². The summed E-state index contributed by atoms with van der Waals surface area (Å²) in [4.78, 5) is 5.08. The molecule has 0 amide bonds. The number of hydrogen-bond acceptors (Lipinski definition) is 7. The van der Waals surface area contributed by atoms with Crippen molar-refractivity contribution < 1.29 is 13.5 Å². The van der Waals surface area contributed by atoms with Crippen molar-refractivity contribution in [2.75, 3.05) is 10.6 Å². The summed E-state index contributed by atoms with van der Waals surface area (Å²) < 4.78 is 26.8. The van der Waals surface area contributed by atoms with Crippen molar-refractivity contribution in [1.29, 1.82) is 0 Å². The molecule has 2 aromatic heterocycles. The van der Waals surface area contributed by atoms with Crippen LogP contribution < -0.4 is 10.6 Å². The Kier molecular flexibility index (Phi) is 7.06. The second kappa shape index (κ2) is 10.4. The third-order valence-corrected chi connectivity index (χ3v) is 8.86. The van der Waals surface area contributed by atoms with E-state index in [9.17, 15) is 13.5 Å². The van der Waals surface area contributed by atoms with Gasteiger partial charge in [0.15, 0.2) is 5.82 Å². The highest BCUT2D eigenvalue weighted by atomic mass is 32.2. The SMILES string of the molecule is O=S(=O)(c1ccccc1)c1cc(Nc2cc(C3CCCCC3)[nH]n2)nc(NC2CCC(O)CC2)c1. The van der Waals surface area contributed by atoms with Gasteiger partial charge in [-0.25, -0.2) is 13.4 Å². The maximum Gasteiger partial charge on any atom is 0.206 e. The second-order valence-electron chi connectivity index (χ2n) is 9.71. The van der Waals surface area contributed by atoms with E-state index in [1.807, 2.05) is 6.07 Å². The predicted molar refractivity (Wildman–Crippen MR) is 136 cm³/mol. The van der Waals surface area contributed by atoms with Crippen LogP contribution in [0.15, 0.2) is 58.3 Å². The van der Waals surface area contributed by atoms with E-state index in [-0.39, 0.29) is 21.9 Å². The summed E-state index contributed by atoms with van der Waals surface area (Å²) in [6, 6.07) is 13.7. The monoisotopic (exact) mass is 495 g/mol. The van der Waals surface area contributed by atoms with E-state index < -0.39 is 9.84 Å². The van der Waals surface area contributed by atoms with Crippen LogP contribution in [-0.4, -0.2) is 40.9 Å². The Balaban J connectivity index is 1.43. The molecule has 0 aliphatic heterocycles. The molecule has 0 bridgehead atoms. The van der Waals surface area contributed by atoms with Gasteiger partial charge in [-0.3, -0.25) is 5.10 Å². The Morgan fingerprint density at radius 3 is 2.29 bits per heavy atom. The van der Waals surface area contributed by atoms with Crippen LogP contribution in [0, 0.1) is 0 Å². The van der Waals surface area contributed by atoms with Gasteiger partial charge in [-0.05, 0) is 56.7 Å². The fraction of sp³-hybridized carbons (Fsp3) is 0.462. The number of aliphatic hydroxyl groups excluding tert-OH is 1. The molecule has 0 unspecified atom stereocenters.